The smallest absolute Gasteiger partial charge is 0.312 e. The van der Waals surface area contributed by atoms with E-state index >= 15 is 0 Å². The zero-order chi connectivity index (χ0) is 19.4. The van der Waals surface area contributed by atoms with Crippen LogP contribution in [-0.2, 0) is 11.2 Å². The van der Waals surface area contributed by atoms with E-state index in [-0.39, 0.29) is 0 Å². The maximum absolute atomic E-state index is 11.7. The highest BCUT2D eigenvalue weighted by Gasteiger charge is 2.22. The Balaban J connectivity index is 2.29. The van der Waals surface area contributed by atoms with Gasteiger partial charge < -0.3 is 9.84 Å². The van der Waals surface area contributed by atoms with Gasteiger partial charge in [0.15, 0.2) is 0 Å². The van der Waals surface area contributed by atoms with Gasteiger partial charge in [0.05, 0.1) is 24.4 Å². The first-order valence-corrected chi connectivity index (χ1v) is 9.35. The molecule has 4 heteroatoms. The zero-order valence-electron chi connectivity index (χ0n) is 16.0. The van der Waals surface area contributed by atoms with Crippen molar-refractivity contribution in [2.45, 2.75) is 39.0 Å². The largest absolute Gasteiger partial charge is 0.497 e. The van der Waals surface area contributed by atoms with Gasteiger partial charge in [-0.3, -0.25) is 9.78 Å². The van der Waals surface area contributed by atoms with Crippen LogP contribution in [0.5, 0.6) is 5.75 Å². The average Bonchev–Trinajstić information content (AvgIpc) is 2.71. The first kappa shape index (κ1) is 18.9. The van der Waals surface area contributed by atoms with Crippen molar-refractivity contribution < 1.29 is 14.6 Å². The van der Waals surface area contributed by atoms with Crippen LogP contribution in [0, 0.1) is 0 Å². The number of hydrogen-bond acceptors (Lipinski definition) is 3. The third-order valence-electron chi connectivity index (χ3n) is 4.97. The van der Waals surface area contributed by atoms with E-state index < -0.39 is 11.9 Å². The van der Waals surface area contributed by atoms with E-state index in [2.05, 4.69) is 13.0 Å². The summed E-state index contributed by atoms with van der Waals surface area (Å²) in [6.07, 6.45) is 3.05. The Bertz CT molecular complexity index is 948. The van der Waals surface area contributed by atoms with Crippen LogP contribution < -0.4 is 4.74 Å². The van der Waals surface area contributed by atoms with Crippen LogP contribution in [0.15, 0.2) is 48.5 Å². The summed E-state index contributed by atoms with van der Waals surface area (Å²) in [4.78, 5) is 16.6. The normalized spacial score (nSPS) is 12.1. The fourth-order valence-corrected chi connectivity index (χ4v) is 3.39. The summed E-state index contributed by atoms with van der Waals surface area (Å²) >= 11 is 0. The molecule has 0 fully saturated rings. The number of ether oxygens (including phenoxy) is 1. The van der Waals surface area contributed by atoms with E-state index in [4.69, 9.17) is 9.72 Å². The molecule has 0 aliphatic rings. The SMILES string of the molecule is CCCCc1c(-c2ccc(OC)cc2)nc(C(C)C(=O)O)c2ccccc12. The van der Waals surface area contributed by atoms with E-state index in [1.165, 1.54) is 5.56 Å². The van der Waals surface area contributed by atoms with E-state index in [1.807, 2.05) is 42.5 Å². The van der Waals surface area contributed by atoms with Crippen LogP contribution in [-0.4, -0.2) is 23.2 Å². The van der Waals surface area contributed by atoms with Crippen molar-refractivity contribution in [2.75, 3.05) is 7.11 Å². The van der Waals surface area contributed by atoms with Gasteiger partial charge in [0.2, 0.25) is 0 Å². The van der Waals surface area contributed by atoms with Crippen molar-refractivity contribution in [3.05, 3.63) is 59.8 Å². The molecule has 0 radical (unpaired) electrons. The minimum absolute atomic E-state index is 0.615. The average molecular weight is 363 g/mol. The van der Waals surface area contributed by atoms with E-state index in [0.717, 1.165) is 47.0 Å². The minimum Gasteiger partial charge on any atom is -0.497 e. The Labute approximate surface area is 159 Å². The maximum atomic E-state index is 11.7. The fourth-order valence-electron chi connectivity index (χ4n) is 3.39. The number of carboxylic acid groups (broad SMARTS) is 1. The summed E-state index contributed by atoms with van der Waals surface area (Å²) in [6.45, 7) is 3.87. The molecule has 3 rings (SSSR count). The number of carbonyl (C=O) groups is 1. The number of pyridine rings is 1. The quantitative estimate of drug-likeness (QED) is 0.607. The molecule has 27 heavy (non-hydrogen) atoms. The van der Waals surface area contributed by atoms with E-state index in [9.17, 15) is 9.90 Å². The highest BCUT2D eigenvalue weighted by atomic mass is 16.5. The lowest BCUT2D eigenvalue weighted by Crippen LogP contribution is -2.12. The molecule has 4 nitrogen and oxygen atoms in total. The number of aliphatic carboxylic acids is 1. The number of benzene rings is 2. The summed E-state index contributed by atoms with van der Waals surface area (Å²) in [5.41, 5.74) is 3.64. The van der Waals surface area contributed by atoms with Crippen molar-refractivity contribution in [3.8, 4) is 17.0 Å². The summed E-state index contributed by atoms with van der Waals surface area (Å²) in [6, 6.07) is 15.8. The summed E-state index contributed by atoms with van der Waals surface area (Å²) in [5, 5.41) is 11.6. The summed E-state index contributed by atoms with van der Waals surface area (Å²) < 4.78 is 5.27. The van der Waals surface area contributed by atoms with Crippen LogP contribution in [0.3, 0.4) is 0 Å². The van der Waals surface area contributed by atoms with Crippen LogP contribution in [0.4, 0.5) is 0 Å². The van der Waals surface area contributed by atoms with Crippen LogP contribution in [0.1, 0.15) is 43.9 Å². The third kappa shape index (κ3) is 3.80. The molecule has 2 aromatic carbocycles. The number of aromatic nitrogens is 1. The zero-order valence-corrected chi connectivity index (χ0v) is 16.0. The van der Waals surface area contributed by atoms with E-state index in [0.29, 0.717) is 5.69 Å². The lowest BCUT2D eigenvalue weighted by atomic mass is 9.91. The number of hydrogen-bond donors (Lipinski definition) is 1. The number of unbranched alkanes of at least 4 members (excludes halogenated alkanes) is 1. The van der Waals surface area contributed by atoms with Crippen molar-refractivity contribution in [1.82, 2.24) is 4.98 Å². The van der Waals surface area contributed by atoms with Gasteiger partial charge in [0.1, 0.15) is 5.75 Å². The Hall–Kier alpha value is -2.88. The lowest BCUT2D eigenvalue weighted by molar-refractivity contribution is -0.138. The molecule has 0 amide bonds. The second kappa shape index (κ2) is 8.21. The Morgan fingerprint density at radius 1 is 1.11 bits per heavy atom. The third-order valence-corrected chi connectivity index (χ3v) is 4.97. The Morgan fingerprint density at radius 2 is 1.78 bits per heavy atom. The van der Waals surface area contributed by atoms with Crippen LogP contribution in [0.25, 0.3) is 22.0 Å². The molecule has 1 atom stereocenters. The molecule has 0 saturated carbocycles. The van der Waals surface area contributed by atoms with Gasteiger partial charge in [-0.2, -0.15) is 0 Å². The molecule has 1 unspecified atom stereocenters. The van der Waals surface area contributed by atoms with Crippen LogP contribution >= 0.6 is 0 Å². The highest BCUT2D eigenvalue weighted by molar-refractivity contribution is 5.94. The van der Waals surface area contributed by atoms with E-state index in [1.54, 1.807) is 14.0 Å². The van der Waals surface area contributed by atoms with Gasteiger partial charge in [0, 0.05) is 10.9 Å². The Kier molecular flexibility index (Phi) is 5.75. The number of rotatable bonds is 7. The number of aryl methyl sites for hydroxylation is 1. The standard InChI is InChI=1S/C23H25NO3/c1-4-5-8-20-18-9-6-7-10-19(18)21(15(2)23(25)26)24-22(20)16-11-13-17(27-3)14-12-16/h6-7,9-15H,4-5,8H2,1-3H3,(H,25,26). The van der Waals surface area contributed by atoms with Gasteiger partial charge >= 0.3 is 5.97 Å². The first-order chi connectivity index (χ1) is 13.1. The second-order valence-corrected chi connectivity index (χ2v) is 6.76. The molecule has 0 aliphatic carbocycles. The molecular formula is C23H25NO3. The number of methoxy groups -OCH3 is 1. The molecule has 0 saturated heterocycles. The van der Waals surface area contributed by atoms with Crippen molar-refractivity contribution in [1.29, 1.82) is 0 Å². The predicted octanol–water partition coefficient (Wildman–Crippen LogP) is 5.44. The first-order valence-electron chi connectivity index (χ1n) is 9.35. The number of nitrogens with zero attached hydrogens (tertiary/aromatic N) is 1. The molecule has 3 aromatic rings. The van der Waals surface area contributed by atoms with Gasteiger partial charge in [0.25, 0.3) is 0 Å². The highest BCUT2D eigenvalue weighted by Crippen LogP contribution is 2.35. The summed E-state index contributed by atoms with van der Waals surface area (Å²) in [5.74, 6) is -0.754. The molecule has 1 heterocycles. The monoisotopic (exact) mass is 363 g/mol. The predicted molar refractivity (Wildman–Crippen MR) is 108 cm³/mol. The number of carboxylic acids is 1. The number of fused-ring (bicyclic) bond motifs is 1. The van der Waals surface area contributed by atoms with Gasteiger partial charge in [-0.25, -0.2) is 0 Å². The van der Waals surface area contributed by atoms with Crippen molar-refractivity contribution in [3.63, 3.8) is 0 Å². The molecule has 140 valence electrons. The lowest BCUT2D eigenvalue weighted by Gasteiger charge is -2.18. The fraction of sp³-hybridized carbons (Fsp3) is 0.304. The van der Waals surface area contributed by atoms with Crippen molar-refractivity contribution >= 4 is 16.7 Å². The van der Waals surface area contributed by atoms with Crippen LogP contribution in [0.2, 0.25) is 0 Å². The summed E-state index contributed by atoms with van der Waals surface area (Å²) in [7, 11) is 1.64. The maximum Gasteiger partial charge on any atom is 0.312 e. The van der Waals surface area contributed by atoms with Gasteiger partial charge in [-0.1, -0.05) is 37.6 Å². The minimum atomic E-state index is -0.866. The molecule has 0 bridgehead atoms. The van der Waals surface area contributed by atoms with Gasteiger partial charge in [-0.15, -0.1) is 0 Å². The topological polar surface area (TPSA) is 59.4 Å². The second-order valence-electron chi connectivity index (χ2n) is 6.76. The van der Waals surface area contributed by atoms with Gasteiger partial charge in [-0.05, 0) is 55.0 Å². The molecular weight excluding hydrogens is 338 g/mol. The molecule has 1 aromatic heterocycles. The molecule has 1 N–H and O–H groups in total. The Morgan fingerprint density at radius 3 is 2.37 bits per heavy atom. The van der Waals surface area contributed by atoms with Crippen molar-refractivity contribution in [2.24, 2.45) is 0 Å². The molecule has 0 spiro atoms. The molecule has 0 aliphatic heterocycles.